The zero-order valence-corrected chi connectivity index (χ0v) is 22.0. The lowest BCUT2D eigenvalue weighted by molar-refractivity contribution is 0.660. The van der Waals surface area contributed by atoms with Crippen molar-refractivity contribution in [1.82, 2.24) is 0 Å². The zero-order valence-electron chi connectivity index (χ0n) is 22.0. The lowest BCUT2D eigenvalue weighted by Gasteiger charge is -2.21. The van der Waals surface area contributed by atoms with Gasteiger partial charge in [-0.15, -0.1) is 0 Å². The highest BCUT2D eigenvalue weighted by Crippen LogP contribution is 2.49. The van der Waals surface area contributed by atoms with E-state index in [1.54, 1.807) is 0 Å². The molecule has 0 fully saturated rings. The lowest BCUT2D eigenvalue weighted by atomic mass is 9.82. The number of benzene rings is 6. The van der Waals surface area contributed by atoms with Gasteiger partial charge in [0.25, 0.3) is 0 Å². The van der Waals surface area contributed by atoms with E-state index in [1.165, 1.54) is 38.6 Å². The molecule has 2 heteroatoms. The molecule has 0 radical (unpaired) electrons. The molecular weight excluding hydrogens is 474 g/mol. The minimum atomic E-state index is 0.000556. The molecule has 39 heavy (non-hydrogen) atoms. The quantitative estimate of drug-likeness (QED) is 0.260. The first-order valence-electron chi connectivity index (χ1n) is 13.5. The van der Waals surface area contributed by atoms with Crippen LogP contribution in [0, 0.1) is 0 Å². The monoisotopic (exact) mass is 501 g/mol. The molecule has 0 atom stereocenters. The molecule has 0 unspecified atom stereocenters. The van der Waals surface area contributed by atoms with Crippen molar-refractivity contribution < 1.29 is 4.42 Å². The Morgan fingerprint density at radius 1 is 0.564 bits per heavy atom. The van der Waals surface area contributed by atoms with Gasteiger partial charge in [-0.1, -0.05) is 98.8 Å². The molecule has 1 aliphatic carbocycles. The van der Waals surface area contributed by atoms with E-state index < -0.39 is 0 Å². The second kappa shape index (κ2) is 8.09. The number of fused-ring (bicyclic) bond motifs is 7. The third-order valence-electron chi connectivity index (χ3n) is 8.46. The third-order valence-corrected chi connectivity index (χ3v) is 8.46. The van der Waals surface area contributed by atoms with Crippen molar-refractivity contribution >= 4 is 44.1 Å². The summed E-state index contributed by atoms with van der Waals surface area (Å²) in [5.41, 5.74) is 11.7. The largest absolute Gasteiger partial charge is 0.456 e. The Morgan fingerprint density at radius 2 is 1.31 bits per heavy atom. The summed E-state index contributed by atoms with van der Waals surface area (Å²) in [4.78, 5) is 0. The molecule has 1 aliphatic rings. The Bertz CT molecular complexity index is 2080. The molecule has 2 nitrogen and oxygen atoms in total. The van der Waals surface area contributed by atoms with Gasteiger partial charge < -0.3 is 9.73 Å². The van der Waals surface area contributed by atoms with Gasteiger partial charge in [0.05, 0.1) is 0 Å². The first kappa shape index (κ1) is 22.2. The number of nitrogens with one attached hydrogen (secondary N) is 1. The van der Waals surface area contributed by atoms with Gasteiger partial charge in [-0.25, -0.2) is 0 Å². The fraction of sp³-hybridized carbons (Fsp3) is 0.0811. The van der Waals surface area contributed by atoms with Crippen LogP contribution < -0.4 is 5.32 Å². The summed E-state index contributed by atoms with van der Waals surface area (Å²) in [6.07, 6.45) is 0. The van der Waals surface area contributed by atoms with E-state index in [0.29, 0.717) is 0 Å². The van der Waals surface area contributed by atoms with Crippen molar-refractivity contribution in [1.29, 1.82) is 0 Å². The summed E-state index contributed by atoms with van der Waals surface area (Å²) in [6.45, 7) is 4.64. The van der Waals surface area contributed by atoms with Gasteiger partial charge in [0.15, 0.2) is 0 Å². The zero-order chi connectivity index (χ0) is 26.1. The van der Waals surface area contributed by atoms with Crippen molar-refractivity contribution in [3.05, 3.63) is 132 Å². The van der Waals surface area contributed by atoms with Gasteiger partial charge in [0.1, 0.15) is 11.2 Å². The molecule has 1 heterocycles. The number of furan rings is 1. The summed E-state index contributed by atoms with van der Waals surface area (Å²) in [5.74, 6) is 0. The van der Waals surface area contributed by atoms with E-state index in [4.69, 9.17) is 4.42 Å². The first-order chi connectivity index (χ1) is 19.1. The Balaban J connectivity index is 1.29. The van der Waals surface area contributed by atoms with E-state index in [0.717, 1.165) is 38.9 Å². The fourth-order valence-electron chi connectivity index (χ4n) is 6.52. The summed E-state index contributed by atoms with van der Waals surface area (Å²) in [5, 5.41) is 8.52. The molecule has 0 aliphatic heterocycles. The molecule has 0 saturated carbocycles. The van der Waals surface area contributed by atoms with Gasteiger partial charge >= 0.3 is 0 Å². The molecule has 1 N–H and O–H groups in total. The summed E-state index contributed by atoms with van der Waals surface area (Å²) in [7, 11) is 0. The predicted octanol–water partition coefficient (Wildman–Crippen LogP) is 10.5. The smallest absolute Gasteiger partial charge is 0.136 e. The molecule has 186 valence electrons. The average molecular weight is 502 g/mol. The van der Waals surface area contributed by atoms with Crippen LogP contribution >= 0.6 is 0 Å². The number of para-hydroxylation sites is 1. The van der Waals surface area contributed by atoms with Crippen LogP contribution in [0.2, 0.25) is 0 Å². The van der Waals surface area contributed by atoms with Crippen LogP contribution in [0.25, 0.3) is 55.0 Å². The highest BCUT2D eigenvalue weighted by molar-refractivity contribution is 6.09. The van der Waals surface area contributed by atoms with Crippen LogP contribution in [-0.2, 0) is 5.41 Å². The maximum absolute atomic E-state index is 6.27. The van der Waals surface area contributed by atoms with E-state index in [2.05, 4.69) is 128 Å². The van der Waals surface area contributed by atoms with Crippen LogP contribution in [-0.4, -0.2) is 0 Å². The molecule has 0 saturated heterocycles. The highest BCUT2D eigenvalue weighted by Gasteiger charge is 2.35. The van der Waals surface area contributed by atoms with Crippen molar-refractivity contribution in [2.24, 2.45) is 0 Å². The first-order valence-corrected chi connectivity index (χ1v) is 13.5. The van der Waals surface area contributed by atoms with Crippen LogP contribution in [0.4, 0.5) is 11.4 Å². The van der Waals surface area contributed by atoms with E-state index in [9.17, 15) is 0 Å². The maximum Gasteiger partial charge on any atom is 0.136 e. The molecule has 8 rings (SSSR count). The number of hydrogen-bond acceptors (Lipinski definition) is 2. The average Bonchev–Trinajstić information content (AvgIpc) is 3.45. The molecular formula is C37H27NO. The van der Waals surface area contributed by atoms with Crippen molar-refractivity contribution in [3.63, 3.8) is 0 Å². The minimum absolute atomic E-state index is 0.000556. The summed E-state index contributed by atoms with van der Waals surface area (Å²) >= 11 is 0. The normalized spacial score (nSPS) is 13.6. The highest BCUT2D eigenvalue weighted by atomic mass is 16.3. The molecule has 6 aromatic carbocycles. The van der Waals surface area contributed by atoms with Gasteiger partial charge in [-0.2, -0.15) is 0 Å². The van der Waals surface area contributed by atoms with Gasteiger partial charge in [0, 0.05) is 33.1 Å². The van der Waals surface area contributed by atoms with Crippen LogP contribution in [0.15, 0.2) is 126 Å². The number of rotatable bonds is 3. The molecule has 0 spiro atoms. The Kier molecular flexibility index (Phi) is 4.60. The Hall–Kier alpha value is -4.82. The van der Waals surface area contributed by atoms with Crippen LogP contribution in [0.1, 0.15) is 25.0 Å². The predicted molar refractivity (Wildman–Crippen MR) is 164 cm³/mol. The summed E-state index contributed by atoms with van der Waals surface area (Å²) in [6, 6.07) is 43.4. The maximum atomic E-state index is 6.27. The number of hydrogen-bond donors (Lipinski definition) is 1. The molecule has 1 aromatic heterocycles. The second-order valence-corrected chi connectivity index (χ2v) is 11.1. The van der Waals surface area contributed by atoms with E-state index in [-0.39, 0.29) is 5.41 Å². The molecule has 7 aromatic rings. The fourth-order valence-corrected chi connectivity index (χ4v) is 6.52. The van der Waals surface area contributed by atoms with Crippen LogP contribution in [0.3, 0.4) is 0 Å². The summed E-state index contributed by atoms with van der Waals surface area (Å²) < 4.78 is 6.27. The molecule has 0 bridgehead atoms. The molecule has 0 amide bonds. The lowest BCUT2D eigenvalue weighted by Crippen LogP contribution is -2.14. The van der Waals surface area contributed by atoms with E-state index >= 15 is 0 Å². The topological polar surface area (TPSA) is 25.2 Å². The second-order valence-electron chi connectivity index (χ2n) is 11.1. The third kappa shape index (κ3) is 3.28. The number of anilines is 2. The standard InChI is InChI=1S/C37H27NO/c1-37(2)31-13-7-5-11-27(31)30-22-25(17-19-32(30)37)38-33-20-16-23-9-3-4-10-26(23)36(33)24-15-18-29-28-12-6-8-14-34(28)39-35(29)21-24/h3-22,38H,1-2H3. The van der Waals surface area contributed by atoms with E-state index in [1.807, 2.05) is 12.1 Å². The van der Waals surface area contributed by atoms with Crippen molar-refractivity contribution in [2.45, 2.75) is 19.3 Å². The SMILES string of the molecule is CC1(C)c2ccccc2-c2cc(Nc3ccc4ccccc4c3-c3ccc4c(c3)oc3ccccc34)ccc21. The van der Waals surface area contributed by atoms with Gasteiger partial charge in [-0.3, -0.25) is 0 Å². The Labute approximate surface area is 227 Å². The minimum Gasteiger partial charge on any atom is -0.456 e. The van der Waals surface area contributed by atoms with Crippen LogP contribution in [0.5, 0.6) is 0 Å². The van der Waals surface area contributed by atoms with Gasteiger partial charge in [-0.05, 0) is 75.0 Å². The van der Waals surface area contributed by atoms with Gasteiger partial charge in [0.2, 0.25) is 0 Å². The van der Waals surface area contributed by atoms with Crippen molar-refractivity contribution in [3.8, 4) is 22.3 Å². The Morgan fingerprint density at radius 3 is 2.23 bits per heavy atom. The van der Waals surface area contributed by atoms with Crippen molar-refractivity contribution in [2.75, 3.05) is 5.32 Å².